The molecule has 6 nitrogen and oxygen atoms in total. The van der Waals surface area contributed by atoms with Gasteiger partial charge in [-0.25, -0.2) is 9.97 Å². The van der Waals surface area contributed by atoms with Gasteiger partial charge in [-0.3, -0.25) is 4.79 Å². The summed E-state index contributed by atoms with van der Waals surface area (Å²) >= 11 is 0. The Kier molecular flexibility index (Phi) is 5.05. The van der Waals surface area contributed by atoms with Crippen molar-refractivity contribution in [2.24, 2.45) is 0 Å². The Morgan fingerprint density at radius 2 is 2.04 bits per heavy atom. The topological polar surface area (TPSA) is 76.1 Å². The number of nitrogens with zero attached hydrogens (tertiary/aromatic N) is 2. The summed E-state index contributed by atoms with van der Waals surface area (Å²) in [5.74, 6) is 0.950. The van der Waals surface area contributed by atoms with Crippen molar-refractivity contribution in [2.75, 3.05) is 18.5 Å². The van der Waals surface area contributed by atoms with E-state index in [1.807, 2.05) is 31.2 Å². The summed E-state index contributed by atoms with van der Waals surface area (Å²) in [6.07, 6.45) is 2.16. The molecule has 1 aromatic heterocycles. The van der Waals surface area contributed by atoms with Crippen molar-refractivity contribution >= 4 is 17.4 Å². The molecule has 1 fully saturated rings. The van der Waals surface area contributed by atoms with E-state index in [0.717, 1.165) is 25.1 Å². The highest BCUT2D eigenvalue weighted by Crippen LogP contribution is 2.16. The molecule has 0 radical (unpaired) electrons. The first kappa shape index (κ1) is 16.4. The molecule has 24 heavy (non-hydrogen) atoms. The molecule has 0 spiro atoms. The van der Waals surface area contributed by atoms with Crippen LogP contribution in [0.1, 0.15) is 34.7 Å². The lowest BCUT2D eigenvalue weighted by Gasteiger charge is -2.12. The molecular weight excluding hydrogens is 304 g/mol. The fourth-order valence-electron chi connectivity index (χ4n) is 2.64. The van der Waals surface area contributed by atoms with Crippen molar-refractivity contribution < 1.29 is 9.53 Å². The third-order valence-corrected chi connectivity index (χ3v) is 3.91. The molecule has 1 aliphatic rings. The van der Waals surface area contributed by atoms with Crippen LogP contribution in [0, 0.1) is 13.8 Å². The van der Waals surface area contributed by atoms with E-state index in [1.165, 1.54) is 5.56 Å². The first-order chi connectivity index (χ1) is 11.6. The molecule has 126 valence electrons. The third kappa shape index (κ3) is 4.29. The van der Waals surface area contributed by atoms with Crippen LogP contribution in [-0.2, 0) is 4.74 Å². The second-order valence-corrected chi connectivity index (χ2v) is 6.02. The number of nitrogens with one attached hydrogen (secondary N) is 2. The van der Waals surface area contributed by atoms with Crippen LogP contribution in [-0.4, -0.2) is 35.1 Å². The maximum atomic E-state index is 12.3. The molecule has 0 saturated carbocycles. The molecule has 2 aromatic rings. The number of ether oxygens (including phenoxy) is 1. The van der Waals surface area contributed by atoms with Crippen LogP contribution in [0.15, 0.2) is 30.3 Å². The van der Waals surface area contributed by atoms with Crippen LogP contribution in [0.2, 0.25) is 0 Å². The molecule has 1 atom stereocenters. The SMILES string of the molecule is Cc1ccc(Nc2cc(C(=O)NCC3CCCO3)nc(C)n2)cc1. The van der Waals surface area contributed by atoms with Gasteiger partial charge in [-0.1, -0.05) is 17.7 Å². The van der Waals surface area contributed by atoms with E-state index in [2.05, 4.69) is 20.6 Å². The number of hydrogen-bond acceptors (Lipinski definition) is 5. The molecule has 0 aliphatic carbocycles. The highest BCUT2D eigenvalue weighted by atomic mass is 16.5. The number of benzene rings is 1. The van der Waals surface area contributed by atoms with Crippen molar-refractivity contribution in [3.63, 3.8) is 0 Å². The molecule has 1 amide bonds. The van der Waals surface area contributed by atoms with Crippen molar-refractivity contribution in [1.82, 2.24) is 15.3 Å². The summed E-state index contributed by atoms with van der Waals surface area (Å²) in [6, 6.07) is 9.66. The zero-order chi connectivity index (χ0) is 16.9. The van der Waals surface area contributed by atoms with E-state index in [1.54, 1.807) is 13.0 Å². The molecule has 0 bridgehead atoms. The number of aromatic nitrogens is 2. The first-order valence-corrected chi connectivity index (χ1v) is 8.19. The molecule has 1 aliphatic heterocycles. The minimum absolute atomic E-state index is 0.113. The van der Waals surface area contributed by atoms with Gasteiger partial charge in [0.05, 0.1) is 6.10 Å². The Morgan fingerprint density at radius 1 is 1.25 bits per heavy atom. The zero-order valence-corrected chi connectivity index (χ0v) is 14.0. The van der Waals surface area contributed by atoms with Gasteiger partial charge in [0.25, 0.3) is 5.91 Å². The summed E-state index contributed by atoms with van der Waals surface area (Å²) in [7, 11) is 0. The van der Waals surface area contributed by atoms with Gasteiger partial charge < -0.3 is 15.4 Å². The van der Waals surface area contributed by atoms with E-state index >= 15 is 0 Å². The van der Waals surface area contributed by atoms with Crippen molar-refractivity contribution in [3.05, 3.63) is 47.4 Å². The van der Waals surface area contributed by atoms with Crippen molar-refractivity contribution in [1.29, 1.82) is 0 Å². The van der Waals surface area contributed by atoms with E-state index in [0.29, 0.717) is 23.9 Å². The number of amides is 1. The summed E-state index contributed by atoms with van der Waals surface area (Å²) in [6.45, 7) is 5.10. The Balaban J connectivity index is 1.68. The summed E-state index contributed by atoms with van der Waals surface area (Å²) in [4.78, 5) is 20.9. The highest BCUT2D eigenvalue weighted by Gasteiger charge is 2.17. The zero-order valence-electron chi connectivity index (χ0n) is 14.0. The summed E-state index contributed by atoms with van der Waals surface area (Å²) in [5, 5.41) is 6.09. The van der Waals surface area contributed by atoms with Crippen molar-refractivity contribution in [3.8, 4) is 0 Å². The van der Waals surface area contributed by atoms with Crippen LogP contribution >= 0.6 is 0 Å². The van der Waals surface area contributed by atoms with E-state index in [4.69, 9.17) is 4.74 Å². The summed E-state index contributed by atoms with van der Waals surface area (Å²) < 4.78 is 5.52. The normalized spacial score (nSPS) is 16.8. The molecule has 1 unspecified atom stereocenters. The fraction of sp³-hybridized carbons (Fsp3) is 0.389. The van der Waals surface area contributed by atoms with E-state index < -0.39 is 0 Å². The molecule has 2 heterocycles. The molecular formula is C18H22N4O2. The van der Waals surface area contributed by atoms with E-state index in [-0.39, 0.29) is 12.0 Å². The van der Waals surface area contributed by atoms with Crippen LogP contribution in [0.25, 0.3) is 0 Å². The quantitative estimate of drug-likeness (QED) is 0.883. The van der Waals surface area contributed by atoms with Crippen molar-refractivity contribution in [2.45, 2.75) is 32.8 Å². The lowest BCUT2D eigenvalue weighted by Crippen LogP contribution is -2.32. The predicted molar refractivity (Wildman–Crippen MR) is 92.5 cm³/mol. The lowest BCUT2D eigenvalue weighted by atomic mass is 10.2. The van der Waals surface area contributed by atoms with Gasteiger partial charge in [-0.15, -0.1) is 0 Å². The van der Waals surface area contributed by atoms with Gasteiger partial charge in [-0.2, -0.15) is 0 Å². The van der Waals surface area contributed by atoms with Crippen LogP contribution < -0.4 is 10.6 Å². The minimum atomic E-state index is -0.206. The number of carbonyl (C=O) groups is 1. The lowest BCUT2D eigenvalue weighted by molar-refractivity contribution is 0.0853. The molecule has 1 saturated heterocycles. The standard InChI is InChI=1S/C18H22N4O2/c1-12-5-7-14(8-6-12)22-17-10-16(20-13(2)21-17)18(23)19-11-15-4-3-9-24-15/h5-8,10,15H,3-4,9,11H2,1-2H3,(H,19,23)(H,20,21,22). The van der Waals surface area contributed by atoms with Gasteiger partial charge in [0, 0.05) is 24.9 Å². The van der Waals surface area contributed by atoms with E-state index in [9.17, 15) is 4.79 Å². The summed E-state index contributed by atoms with van der Waals surface area (Å²) in [5.41, 5.74) is 2.47. The number of carbonyl (C=O) groups excluding carboxylic acids is 1. The highest BCUT2D eigenvalue weighted by molar-refractivity contribution is 5.93. The first-order valence-electron chi connectivity index (χ1n) is 8.19. The third-order valence-electron chi connectivity index (χ3n) is 3.91. The van der Waals surface area contributed by atoms with Gasteiger partial charge in [-0.05, 0) is 38.8 Å². The molecule has 3 rings (SSSR count). The second-order valence-electron chi connectivity index (χ2n) is 6.02. The largest absolute Gasteiger partial charge is 0.376 e. The number of anilines is 2. The van der Waals surface area contributed by atoms with Gasteiger partial charge in [0.2, 0.25) is 0 Å². The Labute approximate surface area is 141 Å². The van der Waals surface area contributed by atoms with Crippen LogP contribution in [0.3, 0.4) is 0 Å². The smallest absolute Gasteiger partial charge is 0.270 e. The average Bonchev–Trinajstić information content (AvgIpc) is 3.08. The second kappa shape index (κ2) is 7.40. The monoisotopic (exact) mass is 326 g/mol. The van der Waals surface area contributed by atoms with Crippen LogP contribution in [0.4, 0.5) is 11.5 Å². The van der Waals surface area contributed by atoms with Gasteiger partial charge in [0.1, 0.15) is 17.3 Å². The van der Waals surface area contributed by atoms with Gasteiger partial charge >= 0.3 is 0 Å². The fourth-order valence-corrected chi connectivity index (χ4v) is 2.64. The maximum Gasteiger partial charge on any atom is 0.270 e. The number of hydrogen-bond donors (Lipinski definition) is 2. The average molecular weight is 326 g/mol. The number of aryl methyl sites for hydroxylation is 2. The predicted octanol–water partition coefficient (Wildman–Crippen LogP) is 2.75. The minimum Gasteiger partial charge on any atom is -0.376 e. The number of rotatable bonds is 5. The van der Waals surface area contributed by atoms with Gasteiger partial charge in [0.15, 0.2) is 0 Å². The Hall–Kier alpha value is -2.47. The van der Waals surface area contributed by atoms with Crippen LogP contribution in [0.5, 0.6) is 0 Å². The molecule has 2 N–H and O–H groups in total. The Bertz CT molecular complexity index is 709. The maximum absolute atomic E-state index is 12.3. The molecule has 1 aromatic carbocycles. The Morgan fingerprint density at radius 3 is 2.75 bits per heavy atom. The molecule has 6 heteroatoms.